The minimum atomic E-state index is -3.48. The maximum Gasteiger partial charge on any atom is 0.242 e. The molecular formula is C15H19N3O2S. The summed E-state index contributed by atoms with van der Waals surface area (Å²) in [5.41, 5.74) is 8.29. The van der Waals surface area contributed by atoms with Crippen LogP contribution in [-0.2, 0) is 23.1 Å². The Labute approximate surface area is 125 Å². The predicted molar refractivity (Wildman–Crippen MR) is 84.3 cm³/mol. The van der Waals surface area contributed by atoms with Gasteiger partial charge in [-0.1, -0.05) is 36.4 Å². The summed E-state index contributed by atoms with van der Waals surface area (Å²) in [6, 6.07) is 14.7. The number of hydrogen-bond acceptors (Lipinski definition) is 4. The average molecular weight is 305 g/mol. The molecule has 5 nitrogen and oxygen atoms in total. The van der Waals surface area contributed by atoms with Crippen LogP contribution in [0, 0.1) is 0 Å². The van der Waals surface area contributed by atoms with E-state index in [1.54, 1.807) is 24.3 Å². The second-order valence-electron chi connectivity index (χ2n) is 4.58. The predicted octanol–water partition coefficient (Wildman–Crippen LogP) is 1.67. The Morgan fingerprint density at radius 1 is 1.05 bits per heavy atom. The lowest BCUT2D eigenvalue weighted by atomic mass is 10.1. The van der Waals surface area contributed by atoms with E-state index in [1.807, 2.05) is 24.3 Å². The van der Waals surface area contributed by atoms with Gasteiger partial charge in [-0.3, -0.25) is 0 Å². The molecule has 0 aliphatic heterocycles. The fourth-order valence-corrected chi connectivity index (χ4v) is 2.93. The zero-order valence-electron chi connectivity index (χ0n) is 11.8. The van der Waals surface area contributed by atoms with Gasteiger partial charge < -0.3 is 11.1 Å². The zero-order valence-corrected chi connectivity index (χ0v) is 12.7. The summed E-state index contributed by atoms with van der Waals surface area (Å²) >= 11 is 0. The fourth-order valence-electron chi connectivity index (χ4n) is 2.02. The molecule has 6 heteroatoms. The van der Waals surface area contributed by atoms with Gasteiger partial charge in [0.25, 0.3) is 0 Å². The standard InChI is InChI=1S/C15H19N3O2S/c1-17-21(19,20)15-8-3-2-7-14(15)18-11-13-6-4-5-12(9-13)10-16/h2-9,17-18H,10-11,16H2,1H3. The molecule has 0 atom stereocenters. The van der Waals surface area contributed by atoms with Crippen molar-refractivity contribution in [3.05, 3.63) is 59.7 Å². The molecule has 0 spiro atoms. The van der Waals surface area contributed by atoms with E-state index in [9.17, 15) is 8.42 Å². The van der Waals surface area contributed by atoms with Crippen LogP contribution in [0.2, 0.25) is 0 Å². The largest absolute Gasteiger partial charge is 0.380 e. The summed E-state index contributed by atoms with van der Waals surface area (Å²) in [4.78, 5) is 0.238. The molecule has 0 amide bonds. The maximum atomic E-state index is 12.0. The van der Waals surface area contributed by atoms with Crippen LogP contribution in [0.5, 0.6) is 0 Å². The molecule has 112 valence electrons. The number of anilines is 1. The van der Waals surface area contributed by atoms with Gasteiger partial charge in [0.1, 0.15) is 4.90 Å². The Balaban J connectivity index is 2.21. The van der Waals surface area contributed by atoms with Gasteiger partial charge in [0.2, 0.25) is 10.0 Å². The summed E-state index contributed by atoms with van der Waals surface area (Å²) in [5.74, 6) is 0. The zero-order chi connectivity index (χ0) is 15.3. The van der Waals surface area contributed by atoms with Crippen LogP contribution in [0.3, 0.4) is 0 Å². The van der Waals surface area contributed by atoms with Crippen LogP contribution < -0.4 is 15.8 Å². The molecule has 0 saturated carbocycles. The van der Waals surface area contributed by atoms with E-state index in [4.69, 9.17) is 5.73 Å². The summed E-state index contributed by atoms with van der Waals surface area (Å²) < 4.78 is 26.3. The molecule has 4 N–H and O–H groups in total. The van der Waals surface area contributed by atoms with Crippen LogP contribution in [0.4, 0.5) is 5.69 Å². The molecule has 2 aromatic rings. The van der Waals surface area contributed by atoms with Gasteiger partial charge in [-0.25, -0.2) is 13.1 Å². The topological polar surface area (TPSA) is 84.2 Å². The van der Waals surface area contributed by atoms with E-state index in [-0.39, 0.29) is 4.90 Å². The fraction of sp³-hybridized carbons (Fsp3) is 0.200. The first-order valence-corrected chi connectivity index (χ1v) is 8.09. The number of rotatable bonds is 6. The van der Waals surface area contributed by atoms with E-state index in [0.717, 1.165) is 11.1 Å². The van der Waals surface area contributed by atoms with Crippen molar-refractivity contribution >= 4 is 15.7 Å². The van der Waals surface area contributed by atoms with Crippen molar-refractivity contribution in [1.29, 1.82) is 0 Å². The Hall–Kier alpha value is -1.89. The molecule has 0 unspecified atom stereocenters. The lowest BCUT2D eigenvalue weighted by Gasteiger charge is -2.12. The molecule has 21 heavy (non-hydrogen) atoms. The molecule has 0 fully saturated rings. The summed E-state index contributed by atoms with van der Waals surface area (Å²) in [6.45, 7) is 1.02. The van der Waals surface area contributed by atoms with Crippen LogP contribution in [0.25, 0.3) is 0 Å². The first-order chi connectivity index (χ1) is 10.1. The number of para-hydroxylation sites is 1. The van der Waals surface area contributed by atoms with Gasteiger partial charge in [-0.2, -0.15) is 0 Å². The highest BCUT2D eigenvalue weighted by Gasteiger charge is 2.15. The summed E-state index contributed by atoms with van der Waals surface area (Å²) in [6.07, 6.45) is 0. The monoisotopic (exact) mass is 305 g/mol. The molecule has 2 aromatic carbocycles. The minimum absolute atomic E-state index is 0.238. The quantitative estimate of drug-likeness (QED) is 0.758. The molecule has 0 aliphatic carbocycles. The van der Waals surface area contributed by atoms with E-state index in [1.165, 1.54) is 7.05 Å². The van der Waals surface area contributed by atoms with Gasteiger partial charge in [-0.15, -0.1) is 0 Å². The van der Waals surface area contributed by atoms with E-state index >= 15 is 0 Å². The van der Waals surface area contributed by atoms with Crippen LogP contribution in [-0.4, -0.2) is 15.5 Å². The molecule has 0 radical (unpaired) electrons. The molecule has 0 heterocycles. The molecule has 0 aliphatic rings. The molecular weight excluding hydrogens is 286 g/mol. The number of nitrogens with two attached hydrogens (primary N) is 1. The Morgan fingerprint density at radius 2 is 1.76 bits per heavy atom. The Kier molecular flexibility index (Phi) is 4.95. The van der Waals surface area contributed by atoms with Crippen molar-refractivity contribution in [1.82, 2.24) is 4.72 Å². The summed E-state index contributed by atoms with van der Waals surface area (Å²) in [7, 11) is -2.08. The smallest absolute Gasteiger partial charge is 0.242 e. The van der Waals surface area contributed by atoms with Crippen molar-refractivity contribution in [2.24, 2.45) is 5.73 Å². The van der Waals surface area contributed by atoms with Gasteiger partial charge >= 0.3 is 0 Å². The Bertz CT molecular complexity index is 714. The third-order valence-corrected chi connectivity index (χ3v) is 4.63. The third-order valence-electron chi connectivity index (χ3n) is 3.16. The number of nitrogens with one attached hydrogen (secondary N) is 2. The highest BCUT2D eigenvalue weighted by atomic mass is 32.2. The van der Waals surface area contributed by atoms with Crippen molar-refractivity contribution < 1.29 is 8.42 Å². The highest BCUT2D eigenvalue weighted by molar-refractivity contribution is 7.89. The highest BCUT2D eigenvalue weighted by Crippen LogP contribution is 2.21. The van der Waals surface area contributed by atoms with Crippen molar-refractivity contribution in [2.75, 3.05) is 12.4 Å². The van der Waals surface area contributed by atoms with Gasteiger partial charge in [0.15, 0.2) is 0 Å². The second-order valence-corrected chi connectivity index (χ2v) is 6.44. The normalized spacial score (nSPS) is 11.3. The van der Waals surface area contributed by atoms with Crippen molar-refractivity contribution in [3.63, 3.8) is 0 Å². The minimum Gasteiger partial charge on any atom is -0.380 e. The summed E-state index contributed by atoms with van der Waals surface area (Å²) in [5, 5.41) is 3.16. The lowest BCUT2D eigenvalue weighted by molar-refractivity contribution is 0.588. The number of sulfonamides is 1. The van der Waals surface area contributed by atoms with E-state index < -0.39 is 10.0 Å². The molecule has 2 rings (SSSR count). The van der Waals surface area contributed by atoms with Gasteiger partial charge in [0, 0.05) is 13.1 Å². The first-order valence-electron chi connectivity index (χ1n) is 6.61. The molecule has 0 bridgehead atoms. The molecule has 0 saturated heterocycles. The maximum absolute atomic E-state index is 12.0. The van der Waals surface area contributed by atoms with Crippen molar-refractivity contribution in [3.8, 4) is 0 Å². The van der Waals surface area contributed by atoms with E-state index in [2.05, 4.69) is 10.0 Å². The van der Waals surface area contributed by atoms with Crippen LogP contribution in [0.15, 0.2) is 53.4 Å². The van der Waals surface area contributed by atoms with Crippen LogP contribution >= 0.6 is 0 Å². The van der Waals surface area contributed by atoms with Gasteiger partial charge in [0.05, 0.1) is 5.69 Å². The lowest BCUT2D eigenvalue weighted by Crippen LogP contribution is -2.20. The average Bonchev–Trinajstić information content (AvgIpc) is 2.53. The molecule has 0 aromatic heterocycles. The van der Waals surface area contributed by atoms with Crippen LogP contribution in [0.1, 0.15) is 11.1 Å². The van der Waals surface area contributed by atoms with Crippen molar-refractivity contribution in [2.45, 2.75) is 18.0 Å². The third kappa shape index (κ3) is 3.81. The number of benzene rings is 2. The van der Waals surface area contributed by atoms with Gasteiger partial charge in [-0.05, 0) is 30.3 Å². The second kappa shape index (κ2) is 6.71. The Morgan fingerprint density at radius 3 is 2.48 bits per heavy atom. The number of hydrogen-bond donors (Lipinski definition) is 3. The first kappa shape index (κ1) is 15.5. The van der Waals surface area contributed by atoms with E-state index in [0.29, 0.717) is 18.8 Å². The SMILES string of the molecule is CNS(=O)(=O)c1ccccc1NCc1cccc(CN)c1.